The summed E-state index contributed by atoms with van der Waals surface area (Å²) in [6, 6.07) is 12.1. The van der Waals surface area contributed by atoms with Crippen LogP contribution in [0.2, 0.25) is 0 Å². The van der Waals surface area contributed by atoms with Crippen molar-refractivity contribution in [2.75, 3.05) is 5.32 Å². The normalized spacial score (nSPS) is 10.9. The standard InChI is InChI=1S/C17H13N5O3/c1-9-6-7-13(25-9)12-8-14(20-19-12)18-17(24)15-10-4-2-3-5-11(10)16(23)22-21-15/h2-8H,1H3,(H,22,23)(H2,18,19,20,24). The third kappa shape index (κ3) is 2.69. The molecule has 0 saturated heterocycles. The molecule has 1 amide bonds. The second-order valence-electron chi connectivity index (χ2n) is 5.48. The number of nitrogens with one attached hydrogen (secondary N) is 3. The number of nitrogens with zero attached hydrogens (tertiary/aromatic N) is 2. The smallest absolute Gasteiger partial charge is 0.277 e. The van der Waals surface area contributed by atoms with Gasteiger partial charge in [-0.15, -0.1) is 0 Å². The van der Waals surface area contributed by atoms with E-state index in [0.717, 1.165) is 5.76 Å². The number of aromatic amines is 2. The predicted molar refractivity (Wildman–Crippen MR) is 91.3 cm³/mol. The number of aryl methyl sites for hydroxylation is 1. The second kappa shape index (κ2) is 5.75. The van der Waals surface area contributed by atoms with Crippen LogP contribution in [0.25, 0.3) is 22.2 Å². The lowest BCUT2D eigenvalue weighted by Gasteiger charge is -2.04. The molecule has 3 heterocycles. The van der Waals surface area contributed by atoms with E-state index < -0.39 is 5.91 Å². The number of fused-ring (bicyclic) bond motifs is 1. The first-order valence-electron chi connectivity index (χ1n) is 7.53. The zero-order valence-corrected chi connectivity index (χ0v) is 13.2. The Kier molecular flexibility index (Phi) is 3.42. The van der Waals surface area contributed by atoms with Gasteiger partial charge in [0.2, 0.25) is 0 Å². The fraction of sp³-hybridized carbons (Fsp3) is 0.0588. The van der Waals surface area contributed by atoms with Crippen molar-refractivity contribution in [3.63, 3.8) is 0 Å². The van der Waals surface area contributed by atoms with Crippen LogP contribution in [0.15, 0.2) is 51.7 Å². The van der Waals surface area contributed by atoms with Gasteiger partial charge in [0.1, 0.15) is 11.5 Å². The highest BCUT2D eigenvalue weighted by atomic mass is 16.3. The van der Waals surface area contributed by atoms with Gasteiger partial charge in [-0.1, -0.05) is 18.2 Å². The molecule has 0 atom stereocenters. The first-order valence-corrected chi connectivity index (χ1v) is 7.53. The molecule has 25 heavy (non-hydrogen) atoms. The molecule has 0 aliphatic heterocycles. The molecule has 0 unspecified atom stereocenters. The van der Waals surface area contributed by atoms with Gasteiger partial charge < -0.3 is 9.73 Å². The summed E-state index contributed by atoms with van der Waals surface area (Å²) in [6.45, 7) is 1.84. The van der Waals surface area contributed by atoms with Crippen LogP contribution in [-0.4, -0.2) is 26.3 Å². The molecule has 1 aromatic carbocycles. The van der Waals surface area contributed by atoms with Gasteiger partial charge in [0.15, 0.2) is 17.3 Å². The molecule has 0 aliphatic rings. The maximum atomic E-state index is 12.5. The van der Waals surface area contributed by atoms with Gasteiger partial charge in [0, 0.05) is 11.5 Å². The number of amides is 1. The summed E-state index contributed by atoms with van der Waals surface area (Å²) >= 11 is 0. The first-order chi connectivity index (χ1) is 12.1. The topological polar surface area (TPSA) is 117 Å². The van der Waals surface area contributed by atoms with E-state index in [2.05, 4.69) is 25.7 Å². The minimum Gasteiger partial charge on any atom is -0.460 e. The molecule has 4 aromatic rings. The van der Waals surface area contributed by atoms with Crippen molar-refractivity contribution in [2.24, 2.45) is 0 Å². The largest absolute Gasteiger partial charge is 0.460 e. The molecule has 0 spiro atoms. The van der Waals surface area contributed by atoms with Crippen molar-refractivity contribution in [3.05, 3.63) is 64.3 Å². The quantitative estimate of drug-likeness (QED) is 0.532. The van der Waals surface area contributed by atoms with Gasteiger partial charge in [-0.3, -0.25) is 14.7 Å². The zero-order chi connectivity index (χ0) is 17.4. The summed E-state index contributed by atoms with van der Waals surface area (Å²) in [7, 11) is 0. The van der Waals surface area contributed by atoms with E-state index in [9.17, 15) is 9.59 Å². The van der Waals surface area contributed by atoms with Crippen LogP contribution in [0.1, 0.15) is 16.2 Å². The van der Waals surface area contributed by atoms with E-state index in [-0.39, 0.29) is 11.3 Å². The molecule has 4 rings (SSSR count). The highest BCUT2D eigenvalue weighted by Gasteiger charge is 2.16. The fourth-order valence-electron chi connectivity index (χ4n) is 2.55. The van der Waals surface area contributed by atoms with Gasteiger partial charge >= 0.3 is 0 Å². The summed E-state index contributed by atoms with van der Waals surface area (Å²) in [5.41, 5.74) is 0.415. The van der Waals surface area contributed by atoms with Crippen molar-refractivity contribution in [1.82, 2.24) is 20.4 Å². The Morgan fingerprint density at radius 1 is 1.08 bits per heavy atom. The molecule has 0 saturated carbocycles. The van der Waals surface area contributed by atoms with Crippen LogP contribution in [0.3, 0.4) is 0 Å². The lowest BCUT2D eigenvalue weighted by Crippen LogP contribution is -2.19. The number of carbonyl (C=O) groups is 1. The van der Waals surface area contributed by atoms with Crippen LogP contribution in [0.4, 0.5) is 5.82 Å². The summed E-state index contributed by atoms with van der Waals surface area (Å²) in [6.07, 6.45) is 0. The molecular formula is C17H13N5O3. The number of H-pyrrole nitrogens is 2. The number of carbonyl (C=O) groups excluding carboxylic acids is 1. The van der Waals surface area contributed by atoms with E-state index in [4.69, 9.17) is 4.42 Å². The summed E-state index contributed by atoms with van der Waals surface area (Å²) in [4.78, 5) is 24.3. The van der Waals surface area contributed by atoms with Crippen LogP contribution in [0, 0.1) is 6.92 Å². The number of benzene rings is 1. The van der Waals surface area contributed by atoms with E-state index in [1.165, 1.54) is 0 Å². The van der Waals surface area contributed by atoms with Crippen molar-refractivity contribution < 1.29 is 9.21 Å². The lowest BCUT2D eigenvalue weighted by atomic mass is 10.1. The molecular weight excluding hydrogens is 322 g/mol. The Morgan fingerprint density at radius 2 is 1.88 bits per heavy atom. The molecule has 0 fully saturated rings. The highest BCUT2D eigenvalue weighted by Crippen LogP contribution is 2.22. The van der Waals surface area contributed by atoms with Crippen LogP contribution < -0.4 is 10.9 Å². The number of anilines is 1. The molecule has 8 nitrogen and oxygen atoms in total. The Morgan fingerprint density at radius 3 is 2.64 bits per heavy atom. The van der Waals surface area contributed by atoms with E-state index in [0.29, 0.717) is 28.0 Å². The van der Waals surface area contributed by atoms with Gasteiger partial charge in [0.25, 0.3) is 11.5 Å². The van der Waals surface area contributed by atoms with E-state index in [1.807, 2.05) is 19.1 Å². The van der Waals surface area contributed by atoms with Crippen LogP contribution in [0.5, 0.6) is 0 Å². The van der Waals surface area contributed by atoms with Crippen molar-refractivity contribution in [1.29, 1.82) is 0 Å². The Hall–Kier alpha value is -3.68. The molecule has 3 aromatic heterocycles. The number of hydrogen-bond donors (Lipinski definition) is 3. The van der Waals surface area contributed by atoms with Gasteiger partial charge in [0.05, 0.1) is 5.39 Å². The summed E-state index contributed by atoms with van der Waals surface area (Å²) < 4.78 is 5.51. The predicted octanol–water partition coefficient (Wildman–Crippen LogP) is 2.47. The third-order valence-electron chi connectivity index (χ3n) is 3.74. The maximum Gasteiger partial charge on any atom is 0.277 e. The summed E-state index contributed by atoms with van der Waals surface area (Å²) in [5.74, 6) is 1.25. The molecule has 0 aliphatic carbocycles. The Bertz CT molecular complexity index is 1140. The van der Waals surface area contributed by atoms with Gasteiger partial charge in [-0.2, -0.15) is 10.2 Å². The number of rotatable bonds is 3. The van der Waals surface area contributed by atoms with Crippen molar-refractivity contribution in [3.8, 4) is 11.5 Å². The first kappa shape index (κ1) is 14.9. The average Bonchev–Trinajstić information content (AvgIpc) is 3.24. The van der Waals surface area contributed by atoms with E-state index >= 15 is 0 Å². The molecule has 8 heteroatoms. The fourth-order valence-corrected chi connectivity index (χ4v) is 2.55. The monoisotopic (exact) mass is 335 g/mol. The number of hydrogen-bond acceptors (Lipinski definition) is 5. The molecule has 0 bridgehead atoms. The minimum atomic E-state index is -0.471. The SMILES string of the molecule is Cc1ccc(-c2cc(NC(=O)c3n[nH]c(=O)c4ccccc34)n[nH]2)o1. The molecule has 3 N–H and O–H groups in total. The number of aromatic nitrogens is 4. The van der Waals surface area contributed by atoms with Crippen LogP contribution >= 0.6 is 0 Å². The Balaban J connectivity index is 1.64. The lowest BCUT2D eigenvalue weighted by molar-refractivity contribution is 0.102. The highest BCUT2D eigenvalue weighted by molar-refractivity contribution is 6.10. The van der Waals surface area contributed by atoms with E-state index in [1.54, 1.807) is 30.3 Å². The zero-order valence-electron chi connectivity index (χ0n) is 13.2. The van der Waals surface area contributed by atoms with Crippen molar-refractivity contribution in [2.45, 2.75) is 6.92 Å². The molecule has 0 radical (unpaired) electrons. The van der Waals surface area contributed by atoms with Crippen LogP contribution in [-0.2, 0) is 0 Å². The minimum absolute atomic E-state index is 0.119. The number of furan rings is 1. The molecule has 124 valence electrons. The maximum absolute atomic E-state index is 12.5. The summed E-state index contributed by atoms with van der Waals surface area (Å²) in [5, 5.41) is 16.6. The van der Waals surface area contributed by atoms with Gasteiger partial charge in [-0.25, -0.2) is 5.10 Å². The average molecular weight is 335 g/mol. The van der Waals surface area contributed by atoms with Crippen molar-refractivity contribution >= 4 is 22.5 Å². The second-order valence-corrected chi connectivity index (χ2v) is 5.48. The third-order valence-corrected chi connectivity index (χ3v) is 3.74. The van der Waals surface area contributed by atoms with Gasteiger partial charge in [-0.05, 0) is 25.1 Å². The Labute approximate surface area is 140 Å².